The van der Waals surface area contributed by atoms with E-state index in [4.69, 9.17) is 4.74 Å². The van der Waals surface area contributed by atoms with Crippen LogP contribution in [0.3, 0.4) is 0 Å². The van der Waals surface area contributed by atoms with Crippen LogP contribution in [0.1, 0.15) is 35.7 Å². The van der Waals surface area contributed by atoms with E-state index in [1.54, 1.807) is 24.3 Å². The van der Waals surface area contributed by atoms with E-state index >= 15 is 0 Å². The van der Waals surface area contributed by atoms with Gasteiger partial charge in [0.1, 0.15) is 5.75 Å². The Kier molecular flexibility index (Phi) is 6.42. The number of likely N-dealkylation sites (tertiary alicyclic amines) is 1. The molecule has 0 radical (unpaired) electrons. The van der Waals surface area contributed by atoms with E-state index in [9.17, 15) is 14.4 Å². The van der Waals surface area contributed by atoms with Gasteiger partial charge < -0.3 is 15.0 Å². The van der Waals surface area contributed by atoms with E-state index in [1.807, 2.05) is 35.2 Å². The summed E-state index contributed by atoms with van der Waals surface area (Å²) in [5.74, 6) is -0.167. The minimum atomic E-state index is -0.426. The van der Waals surface area contributed by atoms with Crippen molar-refractivity contribution in [1.82, 2.24) is 10.2 Å². The average molecular weight is 380 g/mol. The van der Waals surface area contributed by atoms with E-state index in [2.05, 4.69) is 5.32 Å². The molecular formula is C22H24N2O4. The number of amides is 2. The number of nitrogens with zero attached hydrogens (tertiary/aromatic N) is 1. The third kappa shape index (κ3) is 5.42. The zero-order valence-corrected chi connectivity index (χ0v) is 15.9. The molecule has 2 amide bonds. The fourth-order valence-corrected chi connectivity index (χ4v) is 3.29. The summed E-state index contributed by atoms with van der Waals surface area (Å²) in [4.78, 5) is 37.8. The van der Waals surface area contributed by atoms with Crippen molar-refractivity contribution >= 4 is 17.8 Å². The van der Waals surface area contributed by atoms with Crippen LogP contribution in [0.15, 0.2) is 54.6 Å². The Bertz CT molecular complexity index is 843. The van der Waals surface area contributed by atoms with E-state index in [-0.39, 0.29) is 17.9 Å². The number of piperidine rings is 1. The molecule has 1 saturated heterocycles. The quantitative estimate of drug-likeness (QED) is 0.639. The van der Waals surface area contributed by atoms with Gasteiger partial charge in [-0.05, 0) is 36.6 Å². The summed E-state index contributed by atoms with van der Waals surface area (Å²) in [5.41, 5.74) is 1.46. The van der Waals surface area contributed by atoms with E-state index in [0.717, 1.165) is 18.4 Å². The molecule has 28 heavy (non-hydrogen) atoms. The van der Waals surface area contributed by atoms with Gasteiger partial charge in [0, 0.05) is 31.6 Å². The zero-order valence-electron chi connectivity index (χ0n) is 15.9. The summed E-state index contributed by atoms with van der Waals surface area (Å²) in [7, 11) is 0. The second-order valence-electron chi connectivity index (χ2n) is 6.91. The van der Waals surface area contributed by atoms with Crippen molar-refractivity contribution in [2.24, 2.45) is 0 Å². The number of carbonyl (C=O) groups excluding carboxylic acids is 3. The highest BCUT2D eigenvalue weighted by Gasteiger charge is 2.24. The van der Waals surface area contributed by atoms with Crippen molar-refractivity contribution in [2.75, 3.05) is 13.1 Å². The summed E-state index contributed by atoms with van der Waals surface area (Å²) < 4.78 is 5.02. The summed E-state index contributed by atoms with van der Waals surface area (Å²) in [6, 6.07) is 16.3. The smallest absolute Gasteiger partial charge is 0.308 e. The number of rotatable bonds is 5. The predicted octanol–water partition coefficient (Wildman–Crippen LogP) is 2.58. The van der Waals surface area contributed by atoms with Crippen molar-refractivity contribution < 1.29 is 19.1 Å². The molecular weight excluding hydrogens is 356 g/mol. The lowest BCUT2D eigenvalue weighted by molar-refractivity contribution is -0.132. The highest BCUT2D eigenvalue weighted by Crippen LogP contribution is 2.16. The second-order valence-corrected chi connectivity index (χ2v) is 6.91. The van der Waals surface area contributed by atoms with Gasteiger partial charge in [0.15, 0.2) is 0 Å². The molecule has 0 atom stereocenters. The normalized spacial score (nSPS) is 14.4. The molecule has 6 heteroatoms. The van der Waals surface area contributed by atoms with Crippen LogP contribution in [0, 0.1) is 0 Å². The summed E-state index contributed by atoms with van der Waals surface area (Å²) in [5, 5.41) is 3.01. The van der Waals surface area contributed by atoms with Gasteiger partial charge in [-0.15, -0.1) is 0 Å². The molecule has 0 aromatic heterocycles. The Morgan fingerprint density at radius 1 is 1.04 bits per heavy atom. The number of esters is 1. The Hall–Kier alpha value is -3.15. The third-order valence-electron chi connectivity index (χ3n) is 4.74. The van der Waals surface area contributed by atoms with Gasteiger partial charge in [0.2, 0.25) is 5.91 Å². The molecule has 1 fully saturated rings. The first-order chi connectivity index (χ1) is 13.5. The zero-order chi connectivity index (χ0) is 19.9. The predicted molar refractivity (Wildman–Crippen MR) is 105 cm³/mol. The molecule has 2 aromatic carbocycles. The molecule has 146 valence electrons. The van der Waals surface area contributed by atoms with Crippen molar-refractivity contribution in [1.29, 1.82) is 0 Å². The first-order valence-corrected chi connectivity index (χ1v) is 9.42. The highest BCUT2D eigenvalue weighted by molar-refractivity contribution is 5.95. The van der Waals surface area contributed by atoms with Crippen molar-refractivity contribution in [3.63, 3.8) is 0 Å². The molecule has 2 aromatic rings. The fourth-order valence-electron chi connectivity index (χ4n) is 3.29. The fraction of sp³-hybridized carbons (Fsp3) is 0.318. The molecule has 1 aliphatic rings. The molecule has 1 aliphatic heterocycles. The van der Waals surface area contributed by atoms with Gasteiger partial charge in [0.25, 0.3) is 5.91 Å². The topological polar surface area (TPSA) is 75.7 Å². The van der Waals surface area contributed by atoms with Crippen LogP contribution in [0.4, 0.5) is 0 Å². The monoisotopic (exact) mass is 380 g/mol. The standard InChI is InChI=1S/C22H24N2O4/c1-16(25)28-20-9-5-8-18(15-20)22(27)23-19-10-12-24(13-11-19)21(26)14-17-6-3-2-4-7-17/h2-9,15,19H,10-14H2,1H3,(H,23,27). The van der Waals surface area contributed by atoms with Gasteiger partial charge >= 0.3 is 5.97 Å². The highest BCUT2D eigenvalue weighted by atomic mass is 16.5. The third-order valence-corrected chi connectivity index (χ3v) is 4.74. The second kappa shape index (κ2) is 9.17. The number of ether oxygens (including phenoxy) is 1. The lowest BCUT2D eigenvalue weighted by Gasteiger charge is -2.32. The Morgan fingerprint density at radius 3 is 2.43 bits per heavy atom. The van der Waals surface area contributed by atoms with E-state index in [1.165, 1.54) is 6.92 Å². The van der Waals surface area contributed by atoms with Crippen LogP contribution in [0.5, 0.6) is 5.75 Å². The van der Waals surface area contributed by atoms with Crippen LogP contribution >= 0.6 is 0 Å². The minimum absolute atomic E-state index is 0.0191. The lowest BCUT2D eigenvalue weighted by Crippen LogP contribution is -2.47. The number of nitrogens with one attached hydrogen (secondary N) is 1. The molecule has 0 unspecified atom stereocenters. The molecule has 6 nitrogen and oxygen atoms in total. The van der Waals surface area contributed by atoms with Gasteiger partial charge in [-0.25, -0.2) is 0 Å². The van der Waals surface area contributed by atoms with Crippen molar-refractivity contribution in [2.45, 2.75) is 32.2 Å². The Morgan fingerprint density at radius 2 is 1.75 bits per heavy atom. The van der Waals surface area contributed by atoms with Gasteiger partial charge in [-0.3, -0.25) is 14.4 Å². The van der Waals surface area contributed by atoms with Crippen LogP contribution in [-0.2, 0) is 16.0 Å². The van der Waals surface area contributed by atoms with E-state index in [0.29, 0.717) is 30.8 Å². The average Bonchev–Trinajstić information content (AvgIpc) is 2.69. The molecule has 0 saturated carbocycles. The molecule has 3 rings (SSSR count). The number of hydrogen-bond acceptors (Lipinski definition) is 4. The number of carbonyl (C=O) groups is 3. The van der Waals surface area contributed by atoms with Gasteiger partial charge in [-0.2, -0.15) is 0 Å². The Balaban J connectivity index is 1.49. The molecule has 1 heterocycles. The first kappa shape index (κ1) is 19.6. The Labute approximate surface area is 164 Å². The maximum absolute atomic E-state index is 12.5. The number of benzene rings is 2. The van der Waals surface area contributed by atoms with Crippen molar-refractivity contribution in [3.8, 4) is 5.75 Å². The van der Waals surface area contributed by atoms with Crippen LogP contribution in [0.2, 0.25) is 0 Å². The molecule has 0 bridgehead atoms. The maximum Gasteiger partial charge on any atom is 0.308 e. The van der Waals surface area contributed by atoms with Gasteiger partial charge in [-0.1, -0.05) is 36.4 Å². The van der Waals surface area contributed by atoms with Crippen LogP contribution < -0.4 is 10.1 Å². The van der Waals surface area contributed by atoms with Crippen LogP contribution in [0.25, 0.3) is 0 Å². The van der Waals surface area contributed by atoms with Crippen molar-refractivity contribution in [3.05, 3.63) is 65.7 Å². The van der Waals surface area contributed by atoms with E-state index < -0.39 is 5.97 Å². The summed E-state index contributed by atoms with van der Waals surface area (Å²) in [6.07, 6.45) is 1.84. The maximum atomic E-state index is 12.5. The molecule has 1 N–H and O–H groups in total. The van der Waals surface area contributed by atoms with Crippen LogP contribution in [-0.4, -0.2) is 41.8 Å². The SMILES string of the molecule is CC(=O)Oc1cccc(C(=O)NC2CCN(C(=O)Cc3ccccc3)CC2)c1. The molecule has 0 spiro atoms. The largest absolute Gasteiger partial charge is 0.427 e. The first-order valence-electron chi connectivity index (χ1n) is 9.42. The lowest BCUT2D eigenvalue weighted by atomic mass is 10.0. The minimum Gasteiger partial charge on any atom is -0.427 e. The summed E-state index contributed by atoms with van der Waals surface area (Å²) >= 11 is 0. The summed E-state index contributed by atoms with van der Waals surface area (Å²) in [6.45, 7) is 2.58. The number of hydrogen-bond donors (Lipinski definition) is 1. The van der Waals surface area contributed by atoms with Gasteiger partial charge in [0.05, 0.1) is 6.42 Å². The molecule has 0 aliphatic carbocycles.